The van der Waals surface area contributed by atoms with Crippen LogP contribution in [0.25, 0.3) is 0 Å². The number of benzene rings is 2. The van der Waals surface area contributed by atoms with Crippen LogP contribution in [-0.4, -0.2) is 18.1 Å². The summed E-state index contributed by atoms with van der Waals surface area (Å²) < 4.78 is 0. The summed E-state index contributed by atoms with van der Waals surface area (Å²) in [6.45, 7) is 2.03. The summed E-state index contributed by atoms with van der Waals surface area (Å²) in [6, 6.07) is 13.0. The SMILES string of the molecule is Cc1ccc(N(C)c2ccc(C(=O)O)c(N)c2)cc1. The number of carbonyl (C=O) groups is 1. The fraction of sp³-hybridized carbons (Fsp3) is 0.133. The maximum Gasteiger partial charge on any atom is 0.337 e. The minimum absolute atomic E-state index is 0.126. The summed E-state index contributed by atoms with van der Waals surface area (Å²) in [5, 5.41) is 8.95. The highest BCUT2D eigenvalue weighted by molar-refractivity contribution is 5.94. The van der Waals surface area contributed by atoms with E-state index in [2.05, 4.69) is 0 Å². The Morgan fingerprint density at radius 2 is 1.68 bits per heavy atom. The van der Waals surface area contributed by atoms with Gasteiger partial charge in [0.2, 0.25) is 0 Å². The van der Waals surface area contributed by atoms with E-state index in [4.69, 9.17) is 10.8 Å². The van der Waals surface area contributed by atoms with Gasteiger partial charge in [-0.2, -0.15) is 0 Å². The van der Waals surface area contributed by atoms with Crippen LogP contribution in [0, 0.1) is 6.92 Å². The summed E-state index contributed by atoms with van der Waals surface area (Å²) >= 11 is 0. The first-order chi connectivity index (χ1) is 8.99. The average molecular weight is 256 g/mol. The third kappa shape index (κ3) is 2.68. The fourth-order valence-corrected chi connectivity index (χ4v) is 1.87. The minimum atomic E-state index is -1.01. The standard InChI is InChI=1S/C15H16N2O2/c1-10-3-5-11(6-4-10)17(2)12-7-8-13(15(18)19)14(16)9-12/h3-9H,16H2,1-2H3,(H,18,19). The Bertz CT molecular complexity index is 606. The number of hydrogen-bond acceptors (Lipinski definition) is 3. The number of carboxylic acid groups (broad SMARTS) is 1. The number of nitrogen functional groups attached to an aromatic ring is 1. The molecule has 0 saturated heterocycles. The van der Waals surface area contributed by atoms with Crippen LogP contribution in [0.2, 0.25) is 0 Å². The van der Waals surface area contributed by atoms with E-state index in [0.717, 1.165) is 11.4 Å². The van der Waals surface area contributed by atoms with Gasteiger partial charge < -0.3 is 15.7 Å². The number of carboxylic acids is 1. The maximum atomic E-state index is 10.9. The first-order valence-corrected chi connectivity index (χ1v) is 5.92. The summed E-state index contributed by atoms with van der Waals surface area (Å²) in [5.74, 6) is -1.01. The third-order valence-electron chi connectivity index (χ3n) is 3.07. The molecule has 4 nitrogen and oxygen atoms in total. The first-order valence-electron chi connectivity index (χ1n) is 5.92. The zero-order valence-electron chi connectivity index (χ0n) is 10.9. The monoisotopic (exact) mass is 256 g/mol. The van der Waals surface area contributed by atoms with E-state index in [1.807, 2.05) is 43.1 Å². The van der Waals surface area contributed by atoms with Crippen molar-refractivity contribution in [2.24, 2.45) is 0 Å². The molecule has 0 amide bonds. The second kappa shape index (κ2) is 5.02. The van der Waals surface area contributed by atoms with Crippen LogP contribution >= 0.6 is 0 Å². The molecule has 0 heterocycles. The number of rotatable bonds is 3. The lowest BCUT2D eigenvalue weighted by Gasteiger charge is -2.20. The molecule has 0 saturated carbocycles. The van der Waals surface area contributed by atoms with E-state index >= 15 is 0 Å². The molecule has 19 heavy (non-hydrogen) atoms. The summed E-state index contributed by atoms with van der Waals surface area (Å²) in [7, 11) is 1.92. The van der Waals surface area contributed by atoms with E-state index in [9.17, 15) is 4.79 Å². The summed E-state index contributed by atoms with van der Waals surface area (Å²) in [6.07, 6.45) is 0. The predicted octanol–water partition coefficient (Wildman–Crippen LogP) is 3.04. The van der Waals surface area contributed by atoms with Crippen molar-refractivity contribution in [3.8, 4) is 0 Å². The van der Waals surface area contributed by atoms with Gasteiger partial charge in [-0.25, -0.2) is 4.79 Å². The van der Waals surface area contributed by atoms with Gasteiger partial charge in [0.15, 0.2) is 0 Å². The van der Waals surface area contributed by atoms with Gasteiger partial charge in [0.1, 0.15) is 0 Å². The molecule has 0 spiro atoms. The lowest BCUT2D eigenvalue weighted by atomic mass is 10.1. The van der Waals surface area contributed by atoms with E-state index in [0.29, 0.717) is 0 Å². The molecule has 0 fully saturated rings. The number of nitrogens with zero attached hydrogens (tertiary/aromatic N) is 1. The second-order valence-corrected chi connectivity index (χ2v) is 4.47. The highest BCUT2D eigenvalue weighted by Gasteiger charge is 2.10. The van der Waals surface area contributed by atoms with Crippen molar-refractivity contribution < 1.29 is 9.90 Å². The van der Waals surface area contributed by atoms with Crippen LogP contribution in [0.5, 0.6) is 0 Å². The molecule has 2 aromatic rings. The molecule has 2 rings (SSSR count). The topological polar surface area (TPSA) is 66.6 Å². The molecule has 0 unspecified atom stereocenters. The molecule has 98 valence electrons. The van der Waals surface area contributed by atoms with Crippen molar-refractivity contribution in [2.75, 3.05) is 17.7 Å². The lowest BCUT2D eigenvalue weighted by molar-refractivity contribution is 0.0698. The van der Waals surface area contributed by atoms with E-state index in [1.165, 1.54) is 11.6 Å². The highest BCUT2D eigenvalue weighted by atomic mass is 16.4. The number of nitrogens with two attached hydrogens (primary N) is 1. The van der Waals surface area contributed by atoms with E-state index in [1.54, 1.807) is 12.1 Å². The first kappa shape index (κ1) is 13.0. The largest absolute Gasteiger partial charge is 0.478 e. The van der Waals surface area contributed by atoms with Crippen molar-refractivity contribution in [1.82, 2.24) is 0 Å². The zero-order chi connectivity index (χ0) is 14.0. The quantitative estimate of drug-likeness (QED) is 0.828. The van der Waals surface area contributed by atoms with Crippen LogP contribution in [0.4, 0.5) is 17.1 Å². The Hall–Kier alpha value is -2.49. The Morgan fingerprint density at radius 1 is 1.11 bits per heavy atom. The second-order valence-electron chi connectivity index (χ2n) is 4.47. The van der Waals surface area contributed by atoms with Gasteiger partial charge in [-0.05, 0) is 37.3 Å². The van der Waals surface area contributed by atoms with Crippen LogP contribution < -0.4 is 10.6 Å². The van der Waals surface area contributed by atoms with Crippen molar-refractivity contribution in [1.29, 1.82) is 0 Å². The van der Waals surface area contributed by atoms with Gasteiger partial charge in [0.25, 0.3) is 0 Å². The molecule has 0 bridgehead atoms. The Kier molecular flexibility index (Phi) is 3.42. The van der Waals surface area contributed by atoms with Gasteiger partial charge in [0.05, 0.1) is 5.56 Å². The normalized spacial score (nSPS) is 10.2. The van der Waals surface area contributed by atoms with Crippen molar-refractivity contribution >= 4 is 23.0 Å². The molecule has 0 aliphatic rings. The Labute approximate surface area is 112 Å². The predicted molar refractivity (Wildman–Crippen MR) is 77.1 cm³/mol. The molecule has 0 aliphatic heterocycles. The Balaban J connectivity index is 2.34. The van der Waals surface area contributed by atoms with Crippen LogP contribution in [0.15, 0.2) is 42.5 Å². The van der Waals surface area contributed by atoms with Crippen molar-refractivity contribution in [3.63, 3.8) is 0 Å². The summed E-state index contributed by atoms with van der Waals surface area (Å²) in [5.41, 5.74) is 9.22. The lowest BCUT2D eigenvalue weighted by Crippen LogP contribution is -2.11. The number of anilines is 3. The highest BCUT2D eigenvalue weighted by Crippen LogP contribution is 2.27. The molecule has 4 heteroatoms. The van der Waals surface area contributed by atoms with Gasteiger partial charge in [0, 0.05) is 24.1 Å². The van der Waals surface area contributed by atoms with Crippen molar-refractivity contribution in [2.45, 2.75) is 6.92 Å². The zero-order valence-corrected chi connectivity index (χ0v) is 10.9. The molecule has 0 aromatic heterocycles. The van der Waals surface area contributed by atoms with Gasteiger partial charge in [-0.15, -0.1) is 0 Å². The maximum absolute atomic E-state index is 10.9. The Morgan fingerprint density at radius 3 is 2.21 bits per heavy atom. The molecular weight excluding hydrogens is 240 g/mol. The van der Waals surface area contributed by atoms with Crippen LogP contribution in [0.3, 0.4) is 0 Å². The van der Waals surface area contributed by atoms with Gasteiger partial charge >= 0.3 is 5.97 Å². The van der Waals surface area contributed by atoms with E-state index in [-0.39, 0.29) is 11.3 Å². The molecule has 0 aliphatic carbocycles. The van der Waals surface area contributed by atoms with E-state index < -0.39 is 5.97 Å². The number of aryl methyl sites for hydroxylation is 1. The van der Waals surface area contributed by atoms with Crippen molar-refractivity contribution in [3.05, 3.63) is 53.6 Å². The molecule has 2 aromatic carbocycles. The van der Waals surface area contributed by atoms with Crippen LogP contribution in [-0.2, 0) is 0 Å². The molecule has 0 atom stereocenters. The van der Waals surface area contributed by atoms with Gasteiger partial charge in [-0.3, -0.25) is 0 Å². The fourth-order valence-electron chi connectivity index (χ4n) is 1.87. The minimum Gasteiger partial charge on any atom is -0.478 e. The molecule has 0 radical (unpaired) electrons. The number of hydrogen-bond donors (Lipinski definition) is 2. The molecule has 3 N–H and O–H groups in total. The number of aromatic carboxylic acids is 1. The molecular formula is C15H16N2O2. The summed E-state index contributed by atoms with van der Waals surface area (Å²) in [4.78, 5) is 12.9. The third-order valence-corrected chi connectivity index (χ3v) is 3.07. The van der Waals surface area contributed by atoms with Crippen LogP contribution in [0.1, 0.15) is 15.9 Å². The van der Waals surface area contributed by atoms with Gasteiger partial charge in [-0.1, -0.05) is 17.7 Å². The smallest absolute Gasteiger partial charge is 0.337 e. The average Bonchev–Trinajstić information content (AvgIpc) is 2.38.